The van der Waals surface area contributed by atoms with Crippen molar-refractivity contribution in [3.63, 3.8) is 0 Å². The van der Waals surface area contributed by atoms with Crippen LogP contribution in [-0.4, -0.2) is 10.1 Å². The highest BCUT2D eigenvalue weighted by molar-refractivity contribution is 5.18. The van der Waals surface area contributed by atoms with Gasteiger partial charge in [-0.15, -0.1) is 0 Å². The lowest BCUT2D eigenvalue weighted by Crippen LogP contribution is -2.07. The summed E-state index contributed by atoms with van der Waals surface area (Å²) in [5.74, 6) is 0.702. The van der Waals surface area contributed by atoms with Crippen LogP contribution < -0.4 is 0 Å². The molecule has 1 heterocycles. The normalized spacial score (nSPS) is 19.9. The monoisotopic (exact) mass is 233 g/mol. The Hall–Kier alpha value is -0.890. The molecule has 0 radical (unpaired) electrons. The maximum Gasteiger partial charge on any atom is 0.0807 e. The number of nitrogens with zero attached hydrogens (tertiary/aromatic N) is 1. The molecule has 1 fully saturated rings. The Morgan fingerprint density at radius 1 is 1.24 bits per heavy atom. The Balaban J connectivity index is 1.93. The van der Waals surface area contributed by atoms with Crippen molar-refractivity contribution in [1.82, 2.24) is 4.98 Å². The third-order valence-corrected chi connectivity index (χ3v) is 3.81. The van der Waals surface area contributed by atoms with Gasteiger partial charge in [-0.2, -0.15) is 0 Å². The van der Waals surface area contributed by atoms with Gasteiger partial charge in [-0.3, -0.25) is 4.98 Å². The minimum Gasteiger partial charge on any atom is -0.388 e. The molecule has 1 N–H and O–H groups in total. The van der Waals surface area contributed by atoms with E-state index in [-0.39, 0.29) is 6.10 Å². The highest BCUT2D eigenvalue weighted by Crippen LogP contribution is 2.30. The zero-order valence-electron chi connectivity index (χ0n) is 10.7. The summed E-state index contributed by atoms with van der Waals surface area (Å²) in [6.07, 6.45) is 12.2. The smallest absolute Gasteiger partial charge is 0.0807 e. The number of aliphatic hydroxyl groups is 1. The molecule has 0 spiro atoms. The number of hydrogen-bond acceptors (Lipinski definition) is 2. The Labute approximate surface area is 104 Å². The second-order valence-corrected chi connectivity index (χ2v) is 5.40. The van der Waals surface area contributed by atoms with Crippen LogP contribution in [0.15, 0.2) is 18.5 Å². The molecule has 2 heteroatoms. The summed E-state index contributed by atoms with van der Waals surface area (Å²) in [6.45, 7) is 2.02. The van der Waals surface area contributed by atoms with Crippen LogP contribution in [0.4, 0.5) is 0 Å². The molecule has 0 aromatic carbocycles. The second kappa shape index (κ2) is 6.15. The molecule has 1 atom stereocenters. The summed E-state index contributed by atoms with van der Waals surface area (Å²) in [6, 6.07) is 2.05. The number of aromatic nitrogens is 1. The maximum atomic E-state index is 10.2. The van der Waals surface area contributed by atoms with Crippen LogP contribution in [0.2, 0.25) is 0 Å². The molecular weight excluding hydrogens is 210 g/mol. The summed E-state index contributed by atoms with van der Waals surface area (Å²) in [4.78, 5) is 4.16. The maximum absolute atomic E-state index is 10.2. The molecule has 1 aliphatic rings. The van der Waals surface area contributed by atoms with Crippen molar-refractivity contribution < 1.29 is 5.11 Å². The van der Waals surface area contributed by atoms with Crippen molar-refractivity contribution >= 4 is 0 Å². The molecule has 1 saturated carbocycles. The van der Waals surface area contributed by atoms with Gasteiger partial charge in [0.15, 0.2) is 0 Å². The fourth-order valence-corrected chi connectivity index (χ4v) is 2.81. The van der Waals surface area contributed by atoms with E-state index in [0.717, 1.165) is 17.5 Å². The van der Waals surface area contributed by atoms with E-state index in [1.165, 1.54) is 38.5 Å². The molecule has 2 nitrogen and oxygen atoms in total. The number of aryl methyl sites for hydroxylation is 1. The first kappa shape index (κ1) is 12.6. The quantitative estimate of drug-likeness (QED) is 0.806. The third-order valence-electron chi connectivity index (χ3n) is 3.81. The van der Waals surface area contributed by atoms with Gasteiger partial charge in [-0.05, 0) is 30.4 Å². The first-order valence-corrected chi connectivity index (χ1v) is 6.85. The molecule has 0 aliphatic heterocycles. The van der Waals surface area contributed by atoms with E-state index in [1.807, 2.05) is 19.2 Å². The number of hydrogen-bond donors (Lipinski definition) is 1. The zero-order chi connectivity index (χ0) is 12.1. The fraction of sp³-hybridized carbons (Fsp3) is 0.667. The topological polar surface area (TPSA) is 33.1 Å². The molecule has 2 rings (SSSR count). The summed E-state index contributed by atoms with van der Waals surface area (Å²) in [5.41, 5.74) is 2.11. The Bertz CT molecular complexity index is 343. The van der Waals surface area contributed by atoms with E-state index in [0.29, 0.717) is 5.92 Å². The SMILES string of the molecule is Cc1cncc(C(O)CC2CCCCCC2)c1. The van der Waals surface area contributed by atoms with Crippen molar-refractivity contribution in [3.8, 4) is 0 Å². The van der Waals surface area contributed by atoms with E-state index in [9.17, 15) is 5.11 Å². The van der Waals surface area contributed by atoms with Gasteiger partial charge in [0, 0.05) is 12.4 Å². The average molecular weight is 233 g/mol. The zero-order valence-corrected chi connectivity index (χ0v) is 10.7. The van der Waals surface area contributed by atoms with E-state index >= 15 is 0 Å². The predicted octanol–water partition coefficient (Wildman–Crippen LogP) is 3.78. The molecular formula is C15H23NO. The standard InChI is InChI=1S/C15H23NO/c1-12-8-14(11-16-10-12)15(17)9-13-6-4-2-3-5-7-13/h8,10-11,13,15,17H,2-7,9H2,1H3. The molecule has 0 bridgehead atoms. The highest BCUT2D eigenvalue weighted by atomic mass is 16.3. The van der Waals surface area contributed by atoms with Crippen LogP contribution >= 0.6 is 0 Å². The highest BCUT2D eigenvalue weighted by Gasteiger charge is 2.17. The summed E-state index contributed by atoms with van der Waals surface area (Å²) >= 11 is 0. The van der Waals surface area contributed by atoms with Crippen LogP contribution in [-0.2, 0) is 0 Å². The minimum atomic E-state index is -0.328. The molecule has 0 saturated heterocycles. The Kier molecular flexibility index (Phi) is 4.55. The lowest BCUT2D eigenvalue weighted by molar-refractivity contribution is 0.138. The minimum absolute atomic E-state index is 0.328. The van der Waals surface area contributed by atoms with Crippen LogP contribution in [0, 0.1) is 12.8 Å². The van der Waals surface area contributed by atoms with E-state index in [2.05, 4.69) is 4.98 Å². The third kappa shape index (κ3) is 3.81. The van der Waals surface area contributed by atoms with Crippen molar-refractivity contribution in [1.29, 1.82) is 0 Å². The lowest BCUT2D eigenvalue weighted by atomic mass is 9.91. The van der Waals surface area contributed by atoms with Gasteiger partial charge in [0.2, 0.25) is 0 Å². The van der Waals surface area contributed by atoms with Crippen LogP contribution in [0.5, 0.6) is 0 Å². The first-order valence-electron chi connectivity index (χ1n) is 6.85. The van der Waals surface area contributed by atoms with Crippen LogP contribution in [0.3, 0.4) is 0 Å². The van der Waals surface area contributed by atoms with Crippen LogP contribution in [0.1, 0.15) is 62.2 Å². The van der Waals surface area contributed by atoms with Gasteiger partial charge in [0.1, 0.15) is 0 Å². The summed E-state index contributed by atoms with van der Waals surface area (Å²) < 4.78 is 0. The van der Waals surface area contributed by atoms with Gasteiger partial charge in [-0.25, -0.2) is 0 Å². The Morgan fingerprint density at radius 2 is 1.94 bits per heavy atom. The van der Waals surface area contributed by atoms with Crippen molar-refractivity contribution in [3.05, 3.63) is 29.6 Å². The Morgan fingerprint density at radius 3 is 2.59 bits per heavy atom. The van der Waals surface area contributed by atoms with Gasteiger partial charge >= 0.3 is 0 Å². The van der Waals surface area contributed by atoms with Crippen molar-refractivity contribution in [2.75, 3.05) is 0 Å². The van der Waals surface area contributed by atoms with Gasteiger partial charge in [0.25, 0.3) is 0 Å². The summed E-state index contributed by atoms with van der Waals surface area (Å²) in [5, 5.41) is 10.2. The lowest BCUT2D eigenvalue weighted by Gasteiger charge is -2.18. The van der Waals surface area contributed by atoms with E-state index in [1.54, 1.807) is 6.20 Å². The van der Waals surface area contributed by atoms with Gasteiger partial charge in [-0.1, -0.05) is 44.6 Å². The number of rotatable bonds is 3. The largest absolute Gasteiger partial charge is 0.388 e. The first-order chi connectivity index (χ1) is 8.25. The molecule has 1 aromatic rings. The molecule has 94 valence electrons. The van der Waals surface area contributed by atoms with Gasteiger partial charge < -0.3 is 5.11 Å². The van der Waals surface area contributed by atoms with Gasteiger partial charge in [0.05, 0.1) is 6.10 Å². The molecule has 0 amide bonds. The van der Waals surface area contributed by atoms with E-state index in [4.69, 9.17) is 0 Å². The number of aliphatic hydroxyl groups excluding tert-OH is 1. The van der Waals surface area contributed by atoms with Crippen molar-refractivity contribution in [2.24, 2.45) is 5.92 Å². The number of pyridine rings is 1. The van der Waals surface area contributed by atoms with E-state index < -0.39 is 0 Å². The predicted molar refractivity (Wildman–Crippen MR) is 69.7 cm³/mol. The average Bonchev–Trinajstić information content (AvgIpc) is 2.57. The summed E-state index contributed by atoms with van der Waals surface area (Å²) in [7, 11) is 0. The van der Waals surface area contributed by atoms with Crippen LogP contribution in [0.25, 0.3) is 0 Å². The fourth-order valence-electron chi connectivity index (χ4n) is 2.81. The molecule has 1 aliphatic carbocycles. The van der Waals surface area contributed by atoms with Crippen molar-refractivity contribution in [2.45, 2.75) is 58.0 Å². The molecule has 1 unspecified atom stereocenters. The molecule has 1 aromatic heterocycles. The second-order valence-electron chi connectivity index (χ2n) is 5.40. The molecule has 17 heavy (non-hydrogen) atoms.